The molecule has 6 aromatic carbocycles. The Balaban J connectivity index is 1.33. The monoisotopic (exact) mass is 828 g/mol. The van der Waals surface area contributed by atoms with Crippen molar-refractivity contribution in [2.45, 2.75) is 42.6 Å². The first kappa shape index (κ1) is 31.8. The summed E-state index contributed by atoms with van der Waals surface area (Å²) in [5.41, 5.74) is 17.8. The van der Waals surface area contributed by atoms with E-state index in [1.165, 1.54) is 45.8 Å². The molecule has 0 aromatic heterocycles. The minimum atomic E-state index is -3.42. The molecule has 4 bridgehead atoms. The summed E-state index contributed by atoms with van der Waals surface area (Å²) in [6, 6.07) is 61.6. The molecule has 0 amide bonds. The summed E-state index contributed by atoms with van der Waals surface area (Å²) in [5, 5.41) is 3.45. The molecule has 2 heteroatoms. The minimum absolute atomic E-state index is 0.497. The number of benzene rings is 6. The molecule has 0 radical (unpaired) electrons. The fraction of sp³-hybridized carbons (Fsp3) is 0.167. The van der Waals surface area contributed by atoms with Gasteiger partial charge in [0.25, 0.3) is 0 Å². The molecule has 3 aliphatic rings. The van der Waals surface area contributed by atoms with Crippen LogP contribution in [0.5, 0.6) is 0 Å². The van der Waals surface area contributed by atoms with Gasteiger partial charge in [-0.05, 0) is 0 Å². The molecular formula is C48H44HfSi. The van der Waals surface area contributed by atoms with Crippen molar-refractivity contribution in [3.63, 3.8) is 0 Å². The summed E-state index contributed by atoms with van der Waals surface area (Å²) < 4.78 is 6.58. The molecule has 0 saturated heterocycles. The zero-order valence-corrected chi connectivity index (χ0v) is 34.2. The Hall–Kier alpha value is -4.11. The van der Waals surface area contributed by atoms with Gasteiger partial charge in [-0.25, -0.2) is 0 Å². The molecule has 0 nitrogen and oxygen atoms in total. The average Bonchev–Trinajstić information content (AvgIpc) is 3.72. The molecule has 0 spiro atoms. The quantitative estimate of drug-likeness (QED) is 0.147. The van der Waals surface area contributed by atoms with Crippen molar-refractivity contribution >= 4 is 29.6 Å². The third kappa shape index (κ3) is 4.78. The standard InChI is InChI=1S/C46H38Si.2CH3.Hf/c1-3-30-47(2,45-41-20-12-10-18-39(41)31-43(45)37-26-22-35(23-27-37)33-14-6-4-7-15-33)46-42-21-13-11-19-40(42)32-44(46)38-28-24-36(25-29-38)34-16-8-5-9-17-34;;;/h4-29,31-32H,3,30H2,1-2H3;2*1H3;. The van der Waals surface area contributed by atoms with Crippen LogP contribution in [0.4, 0.5) is 0 Å². The van der Waals surface area contributed by atoms with E-state index in [-0.39, 0.29) is 0 Å². The molecule has 1 heterocycles. The predicted octanol–water partition coefficient (Wildman–Crippen LogP) is 13.5. The molecule has 6 aromatic rings. The summed E-state index contributed by atoms with van der Waals surface area (Å²) in [7, 11) is -2.31. The van der Waals surface area contributed by atoms with Crippen LogP contribution in [0.2, 0.25) is 22.0 Å². The van der Waals surface area contributed by atoms with Crippen molar-refractivity contribution in [3.8, 4) is 22.3 Å². The van der Waals surface area contributed by atoms with Crippen LogP contribution in [-0.4, -0.2) is 8.07 Å². The molecule has 0 saturated carbocycles. The zero-order valence-electron chi connectivity index (χ0n) is 29.6. The van der Waals surface area contributed by atoms with Crippen molar-refractivity contribution in [2.24, 2.45) is 0 Å². The Morgan fingerprint density at radius 3 is 1.18 bits per heavy atom. The summed E-state index contributed by atoms with van der Waals surface area (Å²) >= 11 is -3.42. The van der Waals surface area contributed by atoms with Gasteiger partial charge in [-0.2, -0.15) is 0 Å². The van der Waals surface area contributed by atoms with E-state index in [0.717, 1.165) is 0 Å². The maximum atomic E-state index is 2.79. The molecule has 0 N–H and O–H groups in total. The van der Waals surface area contributed by atoms with Crippen LogP contribution >= 0.6 is 0 Å². The van der Waals surface area contributed by atoms with E-state index in [2.05, 4.69) is 181 Å². The van der Waals surface area contributed by atoms with Crippen molar-refractivity contribution in [1.82, 2.24) is 0 Å². The van der Waals surface area contributed by atoms with E-state index in [1.54, 1.807) is 43.8 Å². The fourth-order valence-electron chi connectivity index (χ4n) is 10.2. The van der Waals surface area contributed by atoms with E-state index in [0.29, 0.717) is 7.35 Å². The molecule has 0 fully saturated rings. The molecule has 2 atom stereocenters. The van der Waals surface area contributed by atoms with E-state index >= 15 is 0 Å². The van der Waals surface area contributed by atoms with Gasteiger partial charge < -0.3 is 0 Å². The number of allylic oxidation sites excluding steroid dienone is 2. The van der Waals surface area contributed by atoms with Gasteiger partial charge in [-0.15, -0.1) is 0 Å². The average molecular weight is 827 g/mol. The van der Waals surface area contributed by atoms with Crippen LogP contribution in [0, 0.1) is 0 Å². The molecule has 2 unspecified atom stereocenters. The molecule has 2 aliphatic carbocycles. The molecule has 1 aliphatic heterocycles. The Labute approximate surface area is 303 Å². The number of hydrogen-bond donors (Lipinski definition) is 0. The van der Waals surface area contributed by atoms with Gasteiger partial charge in [0.2, 0.25) is 0 Å². The Morgan fingerprint density at radius 2 is 0.780 bits per heavy atom. The second kappa shape index (κ2) is 12.3. The predicted molar refractivity (Wildman–Crippen MR) is 214 cm³/mol. The first-order valence-electron chi connectivity index (χ1n) is 18.4. The first-order chi connectivity index (χ1) is 24.4. The normalized spacial score (nSPS) is 21.4. The third-order valence-electron chi connectivity index (χ3n) is 12.1. The van der Waals surface area contributed by atoms with Crippen LogP contribution in [0.1, 0.15) is 54.1 Å². The Morgan fingerprint density at radius 1 is 0.440 bits per heavy atom. The first-order valence-corrected chi connectivity index (χ1v) is 32.5. The van der Waals surface area contributed by atoms with Crippen LogP contribution in [0.3, 0.4) is 0 Å². The topological polar surface area (TPSA) is 0 Å². The zero-order chi connectivity index (χ0) is 34.0. The number of rotatable bonds is 6. The van der Waals surface area contributed by atoms with Crippen LogP contribution in [-0.2, 0) is 20.0 Å². The second-order valence-electron chi connectivity index (χ2n) is 15.4. The van der Waals surface area contributed by atoms with Crippen LogP contribution in [0.15, 0.2) is 158 Å². The van der Waals surface area contributed by atoms with Crippen molar-refractivity contribution in [1.29, 1.82) is 0 Å². The van der Waals surface area contributed by atoms with E-state index in [1.807, 2.05) is 0 Å². The van der Waals surface area contributed by atoms with E-state index in [4.69, 9.17) is 0 Å². The third-order valence-corrected chi connectivity index (χ3v) is 31.9. The molecule has 9 rings (SSSR count). The molecular weight excluding hydrogens is 783 g/mol. The number of fused-ring (bicyclic) bond motifs is 8. The van der Waals surface area contributed by atoms with Crippen LogP contribution < -0.4 is 0 Å². The van der Waals surface area contributed by atoms with Gasteiger partial charge in [0.15, 0.2) is 0 Å². The second-order valence-corrected chi connectivity index (χ2v) is 36.8. The van der Waals surface area contributed by atoms with Crippen LogP contribution in [0.25, 0.3) is 43.8 Å². The van der Waals surface area contributed by atoms with Gasteiger partial charge in [-0.3, -0.25) is 0 Å². The fourth-order valence-corrected chi connectivity index (χ4v) is 32.7. The van der Waals surface area contributed by atoms with E-state index in [9.17, 15) is 0 Å². The van der Waals surface area contributed by atoms with Crippen molar-refractivity contribution < 1.29 is 20.0 Å². The van der Waals surface area contributed by atoms with Gasteiger partial charge in [-0.1, -0.05) is 0 Å². The summed E-state index contributed by atoms with van der Waals surface area (Å²) in [6.45, 7) is 5.16. The van der Waals surface area contributed by atoms with Gasteiger partial charge in [0.05, 0.1) is 0 Å². The van der Waals surface area contributed by atoms with Gasteiger partial charge in [0, 0.05) is 0 Å². The molecule has 244 valence electrons. The Kier molecular flexibility index (Phi) is 7.82. The summed E-state index contributed by atoms with van der Waals surface area (Å²) in [6.07, 6.45) is 1.18. The van der Waals surface area contributed by atoms with Crippen molar-refractivity contribution in [3.05, 3.63) is 191 Å². The van der Waals surface area contributed by atoms with Gasteiger partial charge in [0.1, 0.15) is 0 Å². The number of hydrogen-bond acceptors (Lipinski definition) is 0. The Bertz CT molecular complexity index is 2130. The van der Waals surface area contributed by atoms with Crippen molar-refractivity contribution in [2.75, 3.05) is 0 Å². The summed E-state index contributed by atoms with van der Waals surface area (Å²) in [5.74, 6) is 0. The van der Waals surface area contributed by atoms with Gasteiger partial charge >= 0.3 is 306 Å². The SMILES string of the molecule is CCC[Si]1(C)C2=C(c3ccc(-c4ccccc4)cc3)[CH](c3ccccc32)[Hf]([CH3])([CH3])[CH]2C(c3ccc(-c4ccccc4)cc3)=C1c1ccccc12. The maximum absolute atomic E-state index is 3.42. The van der Waals surface area contributed by atoms with E-state index < -0.39 is 28.0 Å². The molecule has 50 heavy (non-hydrogen) atoms. The summed E-state index contributed by atoms with van der Waals surface area (Å²) in [4.78, 5) is 0.